The molecule has 0 heterocycles. The van der Waals surface area contributed by atoms with E-state index in [1.54, 1.807) is 0 Å². The van der Waals surface area contributed by atoms with Crippen LogP contribution in [0.1, 0.15) is 18.9 Å². The van der Waals surface area contributed by atoms with Gasteiger partial charge in [0.05, 0.1) is 0 Å². The summed E-state index contributed by atoms with van der Waals surface area (Å²) >= 11 is 0. The first kappa shape index (κ1) is 16.9. The second-order valence-electron chi connectivity index (χ2n) is 4.43. The number of benzene rings is 1. The summed E-state index contributed by atoms with van der Waals surface area (Å²) < 4.78 is 55.3. The third-order valence-electron chi connectivity index (χ3n) is 2.85. The predicted molar refractivity (Wildman–Crippen MR) is 69.0 cm³/mol. The van der Waals surface area contributed by atoms with E-state index in [2.05, 4.69) is 5.32 Å². The quantitative estimate of drug-likeness (QED) is 0.558. The Morgan fingerprint density at radius 2 is 2.00 bits per heavy atom. The van der Waals surface area contributed by atoms with Crippen LogP contribution in [0.5, 0.6) is 0 Å². The van der Waals surface area contributed by atoms with Crippen molar-refractivity contribution in [1.29, 1.82) is 0 Å². The van der Waals surface area contributed by atoms with Crippen molar-refractivity contribution in [1.82, 2.24) is 5.32 Å². The highest BCUT2D eigenvalue weighted by molar-refractivity contribution is 5.20. The highest BCUT2D eigenvalue weighted by atomic mass is 19.3. The molecule has 1 aromatic rings. The van der Waals surface area contributed by atoms with E-state index in [1.807, 2.05) is 6.92 Å². The Kier molecular flexibility index (Phi) is 7.54. The first-order chi connectivity index (χ1) is 9.54. The van der Waals surface area contributed by atoms with E-state index >= 15 is 0 Å². The molecule has 0 saturated heterocycles. The Morgan fingerprint density at radius 1 is 1.25 bits per heavy atom. The monoisotopic (exact) mass is 293 g/mol. The molecule has 2 nitrogen and oxygen atoms in total. The van der Waals surface area contributed by atoms with Gasteiger partial charge in [-0.3, -0.25) is 0 Å². The van der Waals surface area contributed by atoms with E-state index in [0.717, 1.165) is 6.07 Å². The maximum Gasteiger partial charge on any atom is 0.261 e. The Morgan fingerprint density at radius 3 is 2.65 bits per heavy atom. The van der Waals surface area contributed by atoms with Crippen molar-refractivity contribution >= 4 is 0 Å². The molecule has 0 bridgehead atoms. The average molecular weight is 293 g/mol. The smallest absolute Gasteiger partial charge is 0.261 e. The van der Waals surface area contributed by atoms with Gasteiger partial charge in [0, 0.05) is 12.6 Å². The summed E-state index contributed by atoms with van der Waals surface area (Å²) in [5.74, 6) is -1.74. The minimum atomic E-state index is -2.49. The summed E-state index contributed by atoms with van der Waals surface area (Å²) in [6.45, 7) is 2.08. The summed E-state index contributed by atoms with van der Waals surface area (Å²) in [7, 11) is 0. The summed E-state index contributed by atoms with van der Waals surface area (Å²) in [5, 5.41) is 3.11. The maximum absolute atomic E-state index is 13.6. The van der Waals surface area contributed by atoms with E-state index in [4.69, 9.17) is 4.74 Å². The van der Waals surface area contributed by atoms with Gasteiger partial charge in [-0.25, -0.2) is 17.6 Å². The summed E-state index contributed by atoms with van der Waals surface area (Å²) in [5.41, 5.74) is 0.268. The summed E-state index contributed by atoms with van der Waals surface area (Å²) in [6, 6.07) is 3.88. The number of alkyl halides is 2. The van der Waals surface area contributed by atoms with Crippen molar-refractivity contribution in [2.45, 2.75) is 32.2 Å². The molecule has 0 aliphatic rings. The molecule has 1 N–H and O–H groups in total. The van der Waals surface area contributed by atoms with Gasteiger partial charge in [-0.05, 0) is 31.0 Å². The molecular weight excluding hydrogens is 274 g/mol. The van der Waals surface area contributed by atoms with Gasteiger partial charge in [0.15, 0.2) is 11.6 Å². The Labute approximate surface area is 116 Å². The first-order valence-electron chi connectivity index (χ1n) is 6.56. The molecule has 0 aliphatic carbocycles. The highest BCUT2D eigenvalue weighted by Crippen LogP contribution is 2.14. The molecule has 1 atom stereocenters. The standard InChI is InChI=1S/C14H19F4NO/c1-2-19-11(6-7-20-9-13(16)17)8-10-4-3-5-12(15)14(10)18/h3-5,11,13,19H,2,6-9H2,1H3. The van der Waals surface area contributed by atoms with Crippen LogP contribution < -0.4 is 5.32 Å². The first-order valence-corrected chi connectivity index (χ1v) is 6.56. The van der Waals surface area contributed by atoms with Gasteiger partial charge in [-0.15, -0.1) is 0 Å². The third-order valence-corrected chi connectivity index (χ3v) is 2.85. The van der Waals surface area contributed by atoms with E-state index in [1.165, 1.54) is 12.1 Å². The van der Waals surface area contributed by atoms with Crippen molar-refractivity contribution in [3.8, 4) is 0 Å². The lowest BCUT2D eigenvalue weighted by atomic mass is 10.0. The molecule has 0 aromatic heterocycles. The van der Waals surface area contributed by atoms with Gasteiger partial charge in [0.1, 0.15) is 6.61 Å². The number of halogens is 4. The minimum absolute atomic E-state index is 0.144. The molecule has 6 heteroatoms. The molecule has 0 spiro atoms. The van der Waals surface area contributed by atoms with E-state index in [0.29, 0.717) is 13.0 Å². The zero-order valence-corrected chi connectivity index (χ0v) is 11.3. The van der Waals surface area contributed by atoms with Crippen molar-refractivity contribution < 1.29 is 22.3 Å². The zero-order valence-electron chi connectivity index (χ0n) is 11.3. The fourth-order valence-corrected chi connectivity index (χ4v) is 1.93. The second-order valence-corrected chi connectivity index (χ2v) is 4.43. The summed E-state index contributed by atoms with van der Waals surface area (Å²) in [6.07, 6.45) is -1.75. The van der Waals surface area contributed by atoms with Crippen molar-refractivity contribution in [3.63, 3.8) is 0 Å². The van der Waals surface area contributed by atoms with Crippen LogP contribution in [0.2, 0.25) is 0 Å². The maximum atomic E-state index is 13.6. The molecule has 1 aromatic carbocycles. The predicted octanol–water partition coefficient (Wildman–Crippen LogP) is 3.16. The minimum Gasteiger partial charge on any atom is -0.375 e. The molecule has 0 amide bonds. The van der Waals surface area contributed by atoms with Gasteiger partial charge >= 0.3 is 0 Å². The Bertz CT molecular complexity index is 401. The van der Waals surface area contributed by atoms with Crippen LogP contribution >= 0.6 is 0 Å². The van der Waals surface area contributed by atoms with E-state index in [9.17, 15) is 17.6 Å². The fourth-order valence-electron chi connectivity index (χ4n) is 1.93. The molecule has 0 aliphatic heterocycles. The van der Waals surface area contributed by atoms with Crippen LogP contribution in [-0.2, 0) is 11.2 Å². The van der Waals surface area contributed by atoms with Gasteiger partial charge < -0.3 is 10.1 Å². The molecule has 20 heavy (non-hydrogen) atoms. The summed E-state index contributed by atoms with van der Waals surface area (Å²) in [4.78, 5) is 0. The number of nitrogens with one attached hydrogen (secondary N) is 1. The van der Waals surface area contributed by atoms with Crippen LogP contribution in [0.25, 0.3) is 0 Å². The third kappa shape index (κ3) is 5.88. The molecular formula is C14H19F4NO. The molecule has 0 fully saturated rings. The van der Waals surface area contributed by atoms with Crippen LogP contribution in [0.3, 0.4) is 0 Å². The largest absolute Gasteiger partial charge is 0.375 e. The average Bonchev–Trinajstić information content (AvgIpc) is 2.40. The SMILES string of the molecule is CCNC(CCOCC(F)F)Cc1cccc(F)c1F. The Balaban J connectivity index is 2.51. The lowest BCUT2D eigenvalue weighted by molar-refractivity contribution is 0.0144. The molecule has 1 unspecified atom stereocenters. The lowest BCUT2D eigenvalue weighted by Gasteiger charge is -2.18. The van der Waals surface area contributed by atoms with Crippen molar-refractivity contribution in [2.24, 2.45) is 0 Å². The molecule has 0 radical (unpaired) electrons. The number of ether oxygens (including phenoxy) is 1. The van der Waals surface area contributed by atoms with Gasteiger partial charge in [0.25, 0.3) is 6.43 Å². The second kappa shape index (κ2) is 8.92. The fraction of sp³-hybridized carbons (Fsp3) is 0.571. The number of likely N-dealkylation sites (N-methyl/N-ethyl adjacent to an activating group) is 1. The van der Waals surface area contributed by atoms with E-state index in [-0.39, 0.29) is 24.6 Å². The van der Waals surface area contributed by atoms with E-state index < -0.39 is 24.7 Å². The number of hydrogen-bond acceptors (Lipinski definition) is 2. The highest BCUT2D eigenvalue weighted by Gasteiger charge is 2.14. The zero-order chi connectivity index (χ0) is 15.0. The van der Waals surface area contributed by atoms with Gasteiger partial charge in [-0.1, -0.05) is 19.1 Å². The van der Waals surface area contributed by atoms with Crippen molar-refractivity contribution in [2.75, 3.05) is 19.8 Å². The number of rotatable bonds is 9. The molecule has 0 saturated carbocycles. The van der Waals surface area contributed by atoms with Gasteiger partial charge in [-0.2, -0.15) is 0 Å². The molecule has 114 valence electrons. The van der Waals surface area contributed by atoms with Gasteiger partial charge in [0.2, 0.25) is 0 Å². The Hall–Kier alpha value is -1.14. The molecule has 1 rings (SSSR count). The van der Waals surface area contributed by atoms with Crippen molar-refractivity contribution in [3.05, 3.63) is 35.4 Å². The lowest BCUT2D eigenvalue weighted by Crippen LogP contribution is -2.32. The number of hydrogen-bond donors (Lipinski definition) is 1. The van der Waals surface area contributed by atoms with Crippen LogP contribution in [-0.4, -0.2) is 32.2 Å². The normalized spacial score (nSPS) is 12.9. The topological polar surface area (TPSA) is 21.3 Å². The van der Waals surface area contributed by atoms with Crippen LogP contribution in [0.15, 0.2) is 18.2 Å². The van der Waals surface area contributed by atoms with Crippen LogP contribution in [0.4, 0.5) is 17.6 Å². The van der Waals surface area contributed by atoms with Crippen LogP contribution in [0, 0.1) is 11.6 Å².